The summed E-state index contributed by atoms with van der Waals surface area (Å²) < 4.78 is 78.6. The molecule has 0 radical (unpaired) electrons. The quantitative estimate of drug-likeness (QED) is 0.149. The summed E-state index contributed by atoms with van der Waals surface area (Å²) in [6, 6.07) is -3.29. The first-order valence-electron chi connectivity index (χ1n) is 10.6. The standard InChI is InChI=1S/C21H27F5N4O6/c1-21(2,3)36-20(34)30-11(8-9-12(22)14(24)16(26)15(25)13(9)23)18(32)29-10(17(27)31)6-4-5-7-35-19(28)33/h10-11H,4-8H2,1-3H3,(H2,27,31)(H2,28,33)(H,29,32)(H,30,34)/t10-,11-/m0/s1. The van der Waals surface area contributed by atoms with Crippen LogP contribution in [0, 0.1) is 29.1 Å². The van der Waals surface area contributed by atoms with Gasteiger partial charge in [0, 0.05) is 12.0 Å². The molecule has 15 heteroatoms. The lowest BCUT2D eigenvalue weighted by molar-refractivity contribution is -0.128. The van der Waals surface area contributed by atoms with Crippen molar-refractivity contribution in [2.24, 2.45) is 11.5 Å². The van der Waals surface area contributed by atoms with Crippen LogP contribution in [-0.4, -0.2) is 48.3 Å². The average molecular weight is 526 g/mol. The second kappa shape index (κ2) is 12.9. The number of halogens is 5. The first-order valence-corrected chi connectivity index (χ1v) is 10.6. The van der Waals surface area contributed by atoms with Crippen molar-refractivity contribution in [3.05, 3.63) is 34.6 Å². The van der Waals surface area contributed by atoms with Crippen LogP contribution in [0.25, 0.3) is 0 Å². The van der Waals surface area contributed by atoms with E-state index in [4.69, 9.17) is 16.2 Å². The molecule has 6 N–H and O–H groups in total. The Morgan fingerprint density at radius 3 is 1.83 bits per heavy atom. The van der Waals surface area contributed by atoms with Gasteiger partial charge >= 0.3 is 12.2 Å². The van der Waals surface area contributed by atoms with E-state index in [1.807, 2.05) is 5.32 Å². The molecule has 1 rings (SSSR count). The van der Waals surface area contributed by atoms with Crippen molar-refractivity contribution in [1.29, 1.82) is 0 Å². The molecular weight excluding hydrogens is 499 g/mol. The minimum absolute atomic E-state index is 0.0785. The van der Waals surface area contributed by atoms with Crippen LogP contribution in [-0.2, 0) is 25.5 Å². The van der Waals surface area contributed by atoms with Crippen LogP contribution in [0.3, 0.4) is 0 Å². The number of primary amides is 2. The Balaban J connectivity index is 3.15. The van der Waals surface area contributed by atoms with Crippen molar-refractivity contribution < 1.29 is 50.6 Å². The van der Waals surface area contributed by atoms with Crippen molar-refractivity contribution in [3.63, 3.8) is 0 Å². The first kappa shape index (κ1) is 30.4. The molecular formula is C21H27F5N4O6. The van der Waals surface area contributed by atoms with E-state index in [-0.39, 0.29) is 25.9 Å². The van der Waals surface area contributed by atoms with Crippen LogP contribution in [0.5, 0.6) is 0 Å². The zero-order valence-corrected chi connectivity index (χ0v) is 19.7. The molecule has 36 heavy (non-hydrogen) atoms. The Hall–Kier alpha value is -3.65. The third-order valence-corrected chi connectivity index (χ3v) is 4.51. The number of hydrogen-bond acceptors (Lipinski definition) is 6. The number of nitrogens with two attached hydrogens (primary N) is 2. The molecule has 0 spiro atoms. The number of carbonyl (C=O) groups excluding carboxylic acids is 4. The smallest absolute Gasteiger partial charge is 0.408 e. The second-order valence-corrected chi connectivity index (χ2v) is 8.58. The van der Waals surface area contributed by atoms with Gasteiger partial charge in [0.2, 0.25) is 17.6 Å². The fourth-order valence-corrected chi connectivity index (χ4v) is 2.87. The fraction of sp³-hybridized carbons (Fsp3) is 0.524. The van der Waals surface area contributed by atoms with Gasteiger partial charge in [0.05, 0.1) is 6.61 Å². The highest BCUT2D eigenvalue weighted by Gasteiger charge is 2.32. The summed E-state index contributed by atoms with van der Waals surface area (Å²) >= 11 is 0. The summed E-state index contributed by atoms with van der Waals surface area (Å²) in [4.78, 5) is 47.3. The maximum Gasteiger partial charge on any atom is 0.408 e. The molecule has 0 heterocycles. The molecule has 0 aliphatic heterocycles. The third kappa shape index (κ3) is 9.19. The Morgan fingerprint density at radius 1 is 0.833 bits per heavy atom. The lowest BCUT2D eigenvalue weighted by atomic mass is 10.0. The molecule has 2 atom stereocenters. The minimum atomic E-state index is -2.40. The molecule has 0 unspecified atom stereocenters. The van der Waals surface area contributed by atoms with Crippen LogP contribution >= 0.6 is 0 Å². The Bertz CT molecular complexity index is 973. The Morgan fingerprint density at radius 2 is 1.36 bits per heavy atom. The lowest BCUT2D eigenvalue weighted by Gasteiger charge is -2.25. The van der Waals surface area contributed by atoms with E-state index in [0.29, 0.717) is 0 Å². The summed E-state index contributed by atoms with van der Waals surface area (Å²) in [5.41, 5.74) is 7.63. The van der Waals surface area contributed by atoms with Crippen LogP contribution in [0.4, 0.5) is 31.5 Å². The van der Waals surface area contributed by atoms with Gasteiger partial charge in [-0.15, -0.1) is 0 Å². The predicted octanol–water partition coefficient (Wildman–Crippen LogP) is 2.05. The van der Waals surface area contributed by atoms with Crippen LogP contribution in [0.2, 0.25) is 0 Å². The Kier molecular flexibility index (Phi) is 10.9. The minimum Gasteiger partial charge on any atom is -0.450 e. The van der Waals surface area contributed by atoms with Gasteiger partial charge < -0.3 is 31.6 Å². The molecule has 4 amide bonds. The fourth-order valence-electron chi connectivity index (χ4n) is 2.87. The highest BCUT2D eigenvalue weighted by Crippen LogP contribution is 2.24. The van der Waals surface area contributed by atoms with Gasteiger partial charge in [-0.2, -0.15) is 0 Å². The number of ether oxygens (including phenoxy) is 2. The van der Waals surface area contributed by atoms with E-state index in [1.54, 1.807) is 0 Å². The molecule has 0 saturated heterocycles. The summed E-state index contributed by atoms with van der Waals surface area (Å²) in [7, 11) is 0. The average Bonchev–Trinajstić information content (AvgIpc) is 2.75. The van der Waals surface area contributed by atoms with E-state index >= 15 is 0 Å². The molecule has 0 aliphatic carbocycles. The van der Waals surface area contributed by atoms with E-state index in [1.165, 1.54) is 20.8 Å². The van der Waals surface area contributed by atoms with Gasteiger partial charge in [0.15, 0.2) is 23.3 Å². The molecule has 10 nitrogen and oxygen atoms in total. The number of hydrogen-bond donors (Lipinski definition) is 4. The highest BCUT2D eigenvalue weighted by atomic mass is 19.2. The number of alkyl carbamates (subject to hydrolysis) is 1. The topological polar surface area (TPSA) is 163 Å². The molecule has 1 aromatic carbocycles. The number of nitrogens with one attached hydrogen (secondary N) is 2. The maximum atomic E-state index is 14.2. The van der Waals surface area contributed by atoms with Crippen LogP contribution < -0.4 is 22.1 Å². The number of carbonyl (C=O) groups is 4. The first-order chi connectivity index (χ1) is 16.5. The number of unbranched alkanes of at least 4 members (excludes halogenated alkanes) is 1. The van der Waals surface area contributed by atoms with E-state index in [9.17, 15) is 41.1 Å². The maximum absolute atomic E-state index is 14.2. The summed E-state index contributed by atoms with van der Waals surface area (Å²) in [6.45, 7) is 4.32. The molecule has 0 saturated carbocycles. The molecule has 0 aliphatic rings. The molecule has 0 aromatic heterocycles. The van der Waals surface area contributed by atoms with Gasteiger partial charge in [-0.1, -0.05) is 0 Å². The zero-order valence-electron chi connectivity index (χ0n) is 19.7. The van der Waals surface area contributed by atoms with Crippen molar-refractivity contribution in [2.75, 3.05) is 6.61 Å². The van der Waals surface area contributed by atoms with Gasteiger partial charge in [-0.05, 0) is 40.0 Å². The predicted molar refractivity (Wildman–Crippen MR) is 114 cm³/mol. The Labute approximate surface area is 202 Å². The van der Waals surface area contributed by atoms with Crippen molar-refractivity contribution in [1.82, 2.24) is 10.6 Å². The summed E-state index contributed by atoms with van der Waals surface area (Å²) in [6.07, 6.45) is -3.10. The van der Waals surface area contributed by atoms with Gasteiger partial charge in [-0.25, -0.2) is 31.5 Å². The van der Waals surface area contributed by atoms with E-state index < -0.39 is 82.8 Å². The normalized spacial score (nSPS) is 12.9. The van der Waals surface area contributed by atoms with E-state index in [2.05, 4.69) is 10.1 Å². The summed E-state index contributed by atoms with van der Waals surface area (Å²) in [5.74, 6) is -13.5. The van der Waals surface area contributed by atoms with Crippen LogP contribution in [0.1, 0.15) is 45.6 Å². The number of benzene rings is 1. The zero-order chi connectivity index (χ0) is 27.8. The molecule has 202 valence electrons. The van der Waals surface area contributed by atoms with E-state index in [0.717, 1.165) is 0 Å². The van der Waals surface area contributed by atoms with Crippen molar-refractivity contribution >= 4 is 24.0 Å². The largest absolute Gasteiger partial charge is 0.450 e. The molecule has 1 aromatic rings. The highest BCUT2D eigenvalue weighted by molar-refractivity contribution is 5.91. The SMILES string of the molecule is CC(C)(C)OC(=O)N[C@@H](Cc1c(F)c(F)c(F)c(F)c1F)C(=O)N[C@@H](CCCCOC(N)=O)C(N)=O. The summed E-state index contributed by atoms with van der Waals surface area (Å²) in [5, 5.41) is 4.16. The number of amides is 4. The van der Waals surface area contributed by atoms with Crippen LogP contribution in [0.15, 0.2) is 0 Å². The third-order valence-electron chi connectivity index (χ3n) is 4.51. The monoisotopic (exact) mass is 526 g/mol. The lowest BCUT2D eigenvalue weighted by Crippen LogP contribution is -2.54. The molecule has 0 fully saturated rings. The van der Waals surface area contributed by atoms with Crippen molar-refractivity contribution in [3.8, 4) is 0 Å². The second-order valence-electron chi connectivity index (χ2n) is 8.58. The number of rotatable bonds is 11. The molecule has 0 bridgehead atoms. The van der Waals surface area contributed by atoms with Gasteiger partial charge in [0.1, 0.15) is 17.7 Å². The van der Waals surface area contributed by atoms with Gasteiger partial charge in [0.25, 0.3) is 0 Å². The van der Waals surface area contributed by atoms with Gasteiger partial charge in [-0.3, -0.25) is 9.59 Å². The van der Waals surface area contributed by atoms with Crippen molar-refractivity contribution in [2.45, 2.75) is 64.1 Å².